The van der Waals surface area contributed by atoms with E-state index in [4.69, 9.17) is 0 Å². The molecule has 0 aliphatic heterocycles. The number of thiophene rings is 1. The van der Waals surface area contributed by atoms with Gasteiger partial charge < -0.3 is 5.32 Å². The summed E-state index contributed by atoms with van der Waals surface area (Å²) < 4.78 is 0. The van der Waals surface area contributed by atoms with Crippen LogP contribution in [0.15, 0.2) is 17.5 Å². The molecule has 0 bridgehead atoms. The average molecular weight is 279 g/mol. The topological polar surface area (TPSA) is 12.0 Å². The Hall–Kier alpha value is -0.340. The molecule has 1 aliphatic carbocycles. The lowest BCUT2D eigenvalue weighted by Gasteiger charge is -2.39. The molecule has 1 atom stereocenters. The molecule has 2 heteroatoms. The summed E-state index contributed by atoms with van der Waals surface area (Å²) in [7, 11) is 0. The van der Waals surface area contributed by atoms with Crippen LogP contribution in [0.2, 0.25) is 0 Å². The van der Waals surface area contributed by atoms with Crippen LogP contribution in [0.3, 0.4) is 0 Å². The van der Waals surface area contributed by atoms with Gasteiger partial charge in [0.1, 0.15) is 0 Å². The first-order valence-electron chi connectivity index (χ1n) is 7.82. The van der Waals surface area contributed by atoms with E-state index < -0.39 is 0 Å². The smallest absolute Gasteiger partial charge is 0.0388 e. The summed E-state index contributed by atoms with van der Waals surface area (Å²) in [4.78, 5) is 1.47. The third-order valence-electron chi connectivity index (χ3n) is 5.20. The minimum Gasteiger partial charge on any atom is -0.307 e. The molecule has 1 heterocycles. The molecule has 1 aromatic rings. The molecule has 1 saturated carbocycles. The molecular weight excluding hydrogens is 250 g/mol. The normalized spacial score (nSPS) is 26.3. The summed E-state index contributed by atoms with van der Waals surface area (Å²) in [6.07, 6.45) is 6.81. The number of nitrogens with one attached hydrogen (secondary N) is 1. The number of hydrogen-bond donors (Lipinski definition) is 1. The molecule has 0 spiro atoms. The first kappa shape index (κ1) is 15.1. The fourth-order valence-corrected chi connectivity index (χ4v) is 4.05. The highest BCUT2D eigenvalue weighted by Gasteiger charge is 2.32. The lowest BCUT2D eigenvalue weighted by Crippen LogP contribution is -2.37. The molecule has 2 rings (SSSR count). The zero-order chi connectivity index (χ0) is 13.9. The van der Waals surface area contributed by atoms with Crippen LogP contribution in [0.25, 0.3) is 0 Å². The van der Waals surface area contributed by atoms with Crippen LogP contribution in [0.4, 0.5) is 0 Å². The molecule has 1 N–H and O–H groups in total. The first-order chi connectivity index (χ1) is 9.03. The minimum absolute atomic E-state index is 0.515. The molecule has 1 aliphatic rings. The highest BCUT2D eigenvalue weighted by Crippen LogP contribution is 2.40. The van der Waals surface area contributed by atoms with Gasteiger partial charge in [-0.25, -0.2) is 0 Å². The summed E-state index contributed by atoms with van der Waals surface area (Å²) in [5.74, 6) is 0.924. The fourth-order valence-electron chi connectivity index (χ4n) is 3.30. The molecule has 108 valence electrons. The van der Waals surface area contributed by atoms with Crippen molar-refractivity contribution < 1.29 is 0 Å². The molecule has 0 amide bonds. The zero-order valence-electron chi connectivity index (χ0n) is 12.9. The van der Waals surface area contributed by atoms with Gasteiger partial charge in [0.25, 0.3) is 0 Å². The molecule has 0 radical (unpaired) electrons. The van der Waals surface area contributed by atoms with Gasteiger partial charge in [0.15, 0.2) is 0 Å². The molecule has 0 unspecified atom stereocenters. The maximum absolute atomic E-state index is 3.82. The molecule has 0 saturated heterocycles. The Labute approximate surface area is 122 Å². The highest BCUT2D eigenvalue weighted by atomic mass is 32.1. The van der Waals surface area contributed by atoms with E-state index in [-0.39, 0.29) is 0 Å². The fraction of sp³-hybridized carbons (Fsp3) is 0.765. The van der Waals surface area contributed by atoms with Gasteiger partial charge in [-0.05, 0) is 55.4 Å². The van der Waals surface area contributed by atoms with Gasteiger partial charge in [-0.15, -0.1) is 11.3 Å². The number of hydrogen-bond acceptors (Lipinski definition) is 2. The molecule has 1 aromatic heterocycles. The van der Waals surface area contributed by atoms with Gasteiger partial charge in [0, 0.05) is 17.0 Å². The predicted molar refractivity (Wildman–Crippen MR) is 85.7 cm³/mol. The van der Waals surface area contributed by atoms with Crippen LogP contribution in [-0.4, -0.2) is 6.04 Å². The van der Waals surface area contributed by atoms with Crippen LogP contribution in [-0.2, 0) is 0 Å². The second-order valence-electron chi connectivity index (χ2n) is 6.79. The van der Waals surface area contributed by atoms with E-state index in [2.05, 4.69) is 50.5 Å². The van der Waals surface area contributed by atoms with E-state index >= 15 is 0 Å². The van der Waals surface area contributed by atoms with Crippen molar-refractivity contribution in [3.05, 3.63) is 22.4 Å². The van der Waals surface area contributed by atoms with Crippen LogP contribution >= 0.6 is 11.3 Å². The Balaban J connectivity index is 1.81. The third-order valence-corrected chi connectivity index (χ3v) is 6.25. The Bertz CT molecular complexity index is 361. The SMILES string of the molecule is CCC(C)(C)C1CCC(N[C@H](C)c2cccs2)CC1. The molecule has 1 fully saturated rings. The van der Waals surface area contributed by atoms with Crippen molar-refractivity contribution in [2.45, 2.75) is 71.9 Å². The summed E-state index contributed by atoms with van der Waals surface area (Å²) in [6, 6.07) is 5.63. The summed E-state index contributed by atoms with van der Waals surface area (Å²) in [5, 5.41) is 6.00. The van der Waals surface area contributed by atoms with Crippen LogP contribution < -0.4 is 5.32 Å². The van der Waals surface area contributed by atoms with Gasteiger partial charge in [-0.3, -0.25) is 0 Å². The Morgan fingerprint density at radius 3 is 2.53 bits per heavy atom. The van der Waals surface area contributed by atoms with Gasteiger partial charge >= 0.3 is 0 Å². The van der Waals surface area contributed by atoms with Gasteiger partial charge in [0.2, 0.25) is 0 Å². The summed E-state index contributed by atoms with van der Waals surface area (Å²) in [6.45, 7) is 9.52. The molecule has 19 heavy (non-hydrogen) atoms. The van der Waals surface area contributed by atoms with Crippen molar-refractivity contribution in [3.8, 4) is 0 Å². The largest absolute Gasteiger partial charge is 0.307 e. The monoisotopic (exact) mass is 279 g/mol. The Morgan fingerprint density at radius 2 is 2.00 bits per heavy atom. The maximum Gasteiger partial charge on any atom is 0.0388 e. The van der Waals surface area contributed by atoms with Crippen LogP contribution in [0, 0.1) is 11.3 Å². The van der Waals surface area contributed by atoms with Gasteiger partial charge in [-0.2, -0.15) is 0 Å². The van der Waals surface area contributed by atoms with Gasteiger partial charge in [0.05, 0.1) is 0 Å². The molecule has 1 nitrogen and oxygen atoms in total. The minimum atomic E-state index is 0.515. The highest BCUT2D eigenvalue weighted by molar-refractivity contribution is 7.10. The van der Waals surface area contributed by atoms with Crippen molar-refractivity contribution in [2.75, 3.05) is 0 Å². The Morgan fingerprint density at radius 1 is 1.32 bits per heavy atom. The van der Waals surface area contributed by atoms with Crippen molar-refractivity contribution >= 4 is 11.3 Å². The summed E-state index contributed by atoms with van der Waals surface area (Å²) >= 11 is 1.87. The first-order valence-corrected chi connectivity index (χ1v) is 8.70. The molecule has 0 aromatic carbocycles. The Kier molecular flexibility index (Phi) is 5.08. The zero-order valence-corrected chi connectivity index (χ0v) is 13.7. The second kappa shape index (κ2) is 6.41. The third kappa shape index (κ3) is 3.82. The van der Waals surface area contributed by atoms with Crippen molar-refractivity contribution in [1.82, 2.24) is 5.32 Å². The van der Waals surface area contributed by atoms with E-state index in [1.54, 1.807) is 0 Å². The standard InChI is InChI=1S/C17H29NS/c1-5-17(3,4)14-8-10-15(11-9-14)18-13(2)16-7-6-12-19-16/h6-7,12-15,18H,5,8-11H2,1-4H3/t13-,14?,15?/m1/s1. The van der Waals surface area contributed by atoms with Crippen molar-refractivity contribution in [3.63, 3.8) is 0 Å². The van der Waals surface area contributed by atoms with E-state index in [0.717, 1.165) is 12.0 Å². The second-order valence-corrected chi connectivity index (χ2v) is 7.77. The van der Waals surface area contributed by atoms with Crippen molar-refractivity contribution in [2.24, 2.45) is 11.3 Å². The van der Waals surface area contributed by atoms with E-state index in [1.165, 1.54) is 37.0 Å². The van der Waals surface area contributed by atoms with Gasteiger partial charge in [-0.1, -0.05) is 33.3 Å². The van der Waals surface area contributed by atoms with Crippen LogP contribution in [0.5, 0.6) is 0 Å². The van der Waals surface area contributed by atoms with E-state index in [1.807, 2.05) is 11.3 Å². The lowest BCUT2D eigenvalue weighted by molar-refractivity contribution is 0.134. The lowest BCUT2D eigenvalue weighted by atomic mass is 9.69. The maximum atomic E-state index is 3.82. The van der Waals surface area contributed by atoms with Crippen LogP contribution in [0.1, 0.15) is 70.7 Å². The summed E-state index contributed by atoms with van der Waals surface area (Å²) in [5.41, 5.74) is 0.532. The quantitative estimate of drug-likeness (QED) is 0.761. The predicted octanol–water partition coefficient (Wildman–Crippen LogP) is 5.39. The van der Waals surface area contributed by atoms with E-state index in [9.17, 15) is 0 Å². The average Bonchev–Trinajstić information content (AvgIpc) is 2.93. The molecular formula is C17H29NS. The van der Waals surface area contributed by atoms with E-state index in [0.29, 0.717) is 11.5 Å². The van der Waals surface area contributed by atoms with Crippen molar-refractivity contribution in [1.29, 1.82) is 0 Å². The number of rotatable bonds is 5.